The predicted octanol–water partition coefficient (Wildman–Crippen LogP) is 1.38. The maximum absolute atomic E-state index is 12.2. The summed E-state index contributed by atoms with van der Waals surface area (Å²) in [7, 11) is 5.15. The highest BCUT2D eigenvalue weighted by Gasteiger charge is 2.18. The molecule has 2 aromatic heterocycles. The Bertz CT molecular complexity index is 881. The fourth-order valence-corrected chi connectivity index (χ4v) is 2.68. The summed E-state index contributed by atoms with van der Waals surface area (Å²) in [6.07, 6.45) is 2.76. The number of aliphatic hydroxyl groups excluding tert-OH is 1. The van der Waals surface area contributed by atoms with Gasteiger partial charge in [0.15, 0.2) is 0 Å². The van der Waals surface area contributed by atoms with Crippen LogP contribution in [0.25, 0.3) is 10.9 Å². The molecule has 2 N–H and O–H groups in total. The summed E-state index contributed by atoms with van der Waals surface area (Å²) < 4.78 is 8.59. The third kappa shape index (κ3) is 2.98. The van der Waals surface area contributed by atoms with E-state index in [0.29, 0.717) is 5.56 Å². The van der Waals surface area contributed by atoms with E-state index in [1.54, 1.807) is 13.2 Å². The molecule has 7 heteroatoms. The van der Waals surface area contributed by atoms with Crippen molar-refractivity contribution in [1.29, 1.82) is 0 Å². The minimum atomic E-state index is -0.791. The van der Waals surface area contributed by atoms with Gasteiger partial charge in [-0.3, -0.25) is 9.48 Å². The number of nitrogens with one attached hydrogen (secondary N) is 1. The van der Waals surface area contributed by atoms with Crippen molar-refractivity contribution in [2.24, 2.45) is 14.1 Å². The fraction of sp³-hybridized carbons (Fsp3) is 0.294. The first-order valence-electron chi connectivity index (χ1n) is 7.58. The summed E-state index contributed by atoms with van der Waals surface area (Å²) in [4.78, 5) is 12.2. The number of amides is 1. The van der Waals surface area contributed by atoms with Crippen LogP contribution in [0.3, 0.4) is 0 Å². The van der Waals surface area contributed by atoms with Crippen LogP contribution < -0.4 is 10.1 Å². The van der Waals surface area contributed by atoms with Gasteiger partial charge in [-0.1, -0.05) is 6.07 Å². The highest BCUT2D eigenvalue weighted by Crippen LogP contribution is 2.21. The predicted molar refractivity (Wildman–Crippen MR) is 90.0 cm³/mol. The minimum absolute atomic E-state index is 0.106. The molecule has 0 radical (unpaired) electrons. The molecule has 3 rings (SSSR count). The lowest BCUT2D eigenvalue weighted by atomic mass is 10.1. The van der Waals surface area contributed by atoms with Crippen molar-refractivity contribution in [3.63, 3.8) is 0 Å². The summed E-state index contributed by atoms with van der Waals surface area (Å²) in [6.45, 7) is 0.106. The first-order chi connectivity index (χ1) is 11.5. The molecule has 2 heterocycles. The van der Waals surface area contributed by atoms with Crippen LogP contribution >= 0.6 is 0 Å². The number of hydrogen-bond donors (Lipinski definition) is 2. The molecular formula is C17H20N4O3. The standard InChI is InChI=1S/C17H20N4O3/c1-20-7-6-11-8-12(4-5-14(11)20)15(22)9-18-16(23)13-10-21(2)19-17(13)24-3/h4-8,10,15,22H,9H2,1-3H3,(H,18,23)/t15-/m1/s1. The zero-order valence-electron chi connectivity index (χ0n) is 13.9. The van der Waals surface area contributed by atoms with Crippen LogP contribution in [0.2, 0.25) is 0 Å². The van der Waals surface area contributed by atoms with Gasteiger partial charge in [-0.25, -0.2) is 0 Å². The van der Waals surface area contributed by atoms with E-state index in [9.17, 15) is 9.90 Å². The van der Waals surface area contributed by atoms with Gasteiger partial charge in [0.1, 0.15) is 5.56 Å². The number of nitrogens with zero attached hydrogens (tertiary/aromatic N) is 3. The summed E-state index contributed by atoms with van der Waals surface area (Å²) >= 11 is 0. The number of rotatable bonds is 5. The number of aromatic nitrogens is 3. The van der Waals surface area contributed by atoms with Crippen LogP contribution in [0.1, 0.15) is 22.0 Å². The molecule has 24 heavy (non-hydrogen) atoms. The molecule has 0 saturated heterocycles. The molecule has 0 spiro atoms. The highest BCUT2D eigenvalue weighted by molar-refractivity contribution is 5.96. The number of carbonyl (C=O) groups is 1. The lowest BCUT2D eigenvalue weighted by Gasteiger charge is -2.12. The molecule has 0 bridgehead atoms. The summed E-state index contributed by atoms with van der Waals surface area (Å²) in [5.41, 5.74) is 2.19. The molecule has 0 aliphatic carbocycles. The maximum Gasteiger partial charge on any atom is 0.258 e. The Balaban J connectivity index is 1.69. The van der Waals surface area contributed by atoms with Gasteiger partial charge in [-0.05, 0) is 29.1 Å². The van der Waals surface area contributed by atoms with Gasteiger partial charge in [0.05, 0.1) is 13.2 Å². The quantitative estimate of drug-likeness (QED) is 0.741. The highest BCUT2D eigenvalue weighted by atomic mass is 16.5. The first-order valence-corrected chi connectivity index (χ1v) is 7.58. The molecule has 0 fully saturated rings. The molecule has 3 aromatic rings. The average Bonchev–Trinajstić information content (AvgIpc) is 3.14. The van der Waals surface area contributed by atoms with E-state index in [2.05, 4.69) is 10.4 Å². The van der Waals surface area contributed by atoms with E-state index < -0.39 is 6.10 Å². The molecule has 0 aliphatic heterocycles. The Morgan fingerprint density at radius 2 is 2.17 bits per heavy atom. The molecular weight excluding hydrogens is 308 g/mol. The maximum atomic E-state index is 12.2. The number of ether oxygens (including phenoxy) is 1. The van der Waals surface area contributed by atoms with Gasteiger partial charge in [0.2, 0.25) is 5.88 Å². The van der Waals surface area contributed by atoms with Gasteiger partial charge < -0.3 is 19.7 Å². The molecule has 0 aliphatic rings. The van der Waals surface area contributed by atoms with Crippen LogP contribution in [0.5, 0.6) is 5.88 Å². The van der Waals surface area contributed by atoms with Crippen molar-refractivity contribution < 1.29 is 14.6 Å². The van der Waals surface area contributed by atoms with Crippen molar-refractivity contribution in [3.8, 4) is 5.88 Å². The number of carbonyl (C=O) groups excluding carboxylic acids is 1. The van der Waals surface area contributed by atoms with Gasteiger partial charge in [0, 0.05) is 38.6 Å². The van der Waals surface area contributed by atoms with Crippen molar-refractivity contribution in [2.45, 2.75) is 6.10 Å². The number of benzene rings is 1. The molecule has 7 nitrogen and oxygen atoms in total. The number of fused-ring (bicyclic) bond motifs is 1. The van der Waals surface area contributed by atoms with Crippen LogP contribution in [0, 0.1) is 0 Å². The third-order valence-corrected chi connectivity index (χ3v) is 3.98. The topological polar surface area (TPSA) is 81.3 Å². The van der Waals surface area contributed by atoms with Crippen LogP contribution in [-0.4, -0.2) is 39.0 Å². The molecule has 0 unspecified atom stereocenters. The Morgan fingerprint density at radius 3 is 2.92 bits per heavy atom. The minimum Gasteiger partial charge on any atom is -0.479 e. The van der Waals surface area contributed by atoms with E-state index in [-0.39, 0.29) is 18.3 Å². The molecule has 126 valence electrons. The van der Waals surface area contributed by atoms with E-state index in [0.717, 1.165) is 16.5 Å². The molecule has 1 aromatic carbocycles. The summed E-state index contributed by atoms with van der Waals surface area (Å²) in [6, 6.07) is 7.74. The summed E-state index contributed by atoms with van der Waals surface area (Å²) in [5, 5.41) is 18.1. The first kappa shape index (κ1) is 16.1. The number of methoxy groups -OCH3 is 1. The van der Waals surface area contributed by atoms with Crippen LogP contribution in [0.4, 0.5) is 0 Å². The zero-order valence-corrected chi connectivity index (χ0v) is 13.9. The third-order valence-electron chi connectivity index (χ3n) is 3.98. The average molecular weight is 328 g/mol. The molecule has 0 saturated carbocycles. The monoisotopic (exact) mass is 328 g/mol. The molecule has 1 atom stereocenters. The lowest BCUT2D eigenvalue weighted by molar-refractivity contribution is 0.0913. The Kier molecular flexibility index (Phi) is 4.26. The van der Waals surface area contributed by atoms with E-state index in [4.69, 9.17) is 4.74 Å². The lowest BCUT2D eigenvalue weighted by Crippen LogP contribution is -2.28. The van der Waals surface area contributed by atoms with Gasteiger partial charge >= 0.3 is 0 Å². The van der Waals surface area contributed by atoms with Crippen molar-refractivity contribution >= 4 is 16.8 Å². The SMILES string of the molecule is COc1nn(C)cc1C(=O)NC[C@@H](O)c1ccc2c(ccn2C)c1. The van der Waals surface area contributed by atoms with E-state index in [1.807, 2.05) is 42.1 Å². The Labute approximate surface area is 139 Å². The number of aliphatic hydroxyl groups is 1. The second kappa shape index (κ2) is 6.37. The smallest absolute Gasteiger partial charge is 0.258 e. The second-order valence-electron chi connectivity index (χ2n) is 5.70. The van der Waals surface area contributed by atoms with E-state index in [1.165, 1.54) is 11.8 Å². The Morgan fingerprint density at radius 1 is 1.38 bits per heavy atom. The Hall–Kier alpha value is -2.80. The van der Waals surface area contributed by atoms with Crippen molar-refractivity contribution in [1.82, 2.24) is 19.7 Å². The fourth-order valence-electron chi connectivity index (χ4n) is 2.68. The van der Waals surface area contributed by atoms with Crippen molar-refractivity contribution in [2.75, 3.05) is 13.7 Å². The normalized spacial score (nSPS) is 12.3. The van der Waals surface area contributed by atoms with Crippen LogP contribution in [0.15, 0.2) is 36.7 Å². The second-order valence-corrected chi connectivity index (χ2v) is 5.70. The van der Waals surface area contributed by atoms with Crippen LogP contribution in [-0.2, 0) is 14.1 Å². The van der Waals surface area contributed by atoms with Gasteiger partial charge in [-0.15, -0.1) is 5.10 Å². The molecule has 1 amide bonds. The van der Waals surface area contributed by atoms with Gasteiger partial charge in [0.25, 0.3) is 5.91 Å². The van der Waals surface area contributed by atoms with Crippen molar-refractivity contribution in [3.05, 3.63) is 47.8 Å². The van der Waals surface area contributed by atoms with E-state index >= 15 is 0 Å². The largest absolute Gasteiger partial charge is 0.479 e. The summed E-state index contributed by atoms with van der Waals surface area (Å²) in [5.74, 6) is -0.0741. The van der Waals surface area contributed by atoms with Gasteiger partial charge in [-0.2, -0.15) is 0 Å². The number of aryl methyl sites for hydroxylation is 2. The number of hydrogen-bond acceptors (Lipinski definition) is 4. The zero-order chi connectivity index (χ0) is 17.3.